The molecule has 0 saturated carbocycles. The van der Waals surface area contributed by atoms with Crippen LogP contribution in [0.5, 0.6) is 0 Å². The summed E-state index contributed by atoms with van der Waals surface area (Å²) in [5, 5.41) is 8.78. The highest BCUT2D eigenvalue weighted by atomic mass is 15.3. The van der Waals surface area contributed by atoms with E-state index in [9.17, 15) is 0 Å². The van der Waals surface area contributed by atoms with Crippen LogP contribution in [0.15, 0.2) is 42.9 Å². The number of rotatable bonds is 5. The Kier molecular flexibility index (Phi) is 3.69. The van der Waals surface area contributed by atoms with Gasteiger partial charge in [-0.15, -0.1) is 0 Å². The summed E-state index contributed by atoms with van der Waals surface area (Å²) in [4.78, 5) is 8.88. The number of aromatic nitrogens is 4. The standard InChI is InChI=1S/C15H17N5/c1-2-7-16-9-13-10-18-15(11-17-13)20-14-6-4-3-5-12(14)8-19-20/h3-6,8,10-11,16H,2,7,9H2,1H3. The number of nitrogens with zero attached hydrogens (tertiary/aromatic N) is 4. The number of benzene rings is 1. The lowest BCUT2D eigenvalue weighted by Gasteiger charge is -2.05. The molecule has 0 aliphatic carbocycles. The van der Waals surface area contributed by atoms with Crippen LogP contribution < -0.4 is 5.32 Å². The van der Waals surface area contributed by atoms with Gasteiger partial charge in [0.15, 0.2) is 5.82 Å². The fraction of sp³-hybridized carbons (Fsp3) is 0.267. The minimum absolute atomic E-state index is 0.741. The number of fused-ring (bicyclic) bond motifs is 1. The molecule has 20 heavy (non-hydrogen) atoms. The first-order valence-corrected chi connectivity index (χ1v) is 6.83. The van der Waals surface area contributed by atoms with Crippen LogP contribution in [0.2, 0.25) is 0 Å². The van der Waals surface area contributed by atoms with E-state index in [0.717, 1.165) is 41.9 Å². The predicted octanol–water partition coefficient (Wildman–Crippen LogP) is 2.32. The van der Waals surface area contributed by atoms with Crippen LogP contribution in [0.25, 0.3) is 16.7 Å². The smallest absolute Gasteiger partial charge is 0.172 e. The molecule has 3 aromatic rings. The molecule has 0 atom stereocenters. The molecule has 5 nitrogen and oxygen atoms in total. The van der Waals surface area contributed by atoms with Gasteiger partial charge in [-0.1, -0.05) is 25.1 Å². The highest BCUT2D eigenvalue weighted by molar-refractivity contribution is 5.79. The van der Waals surface area contributed by atoms with E-state index in [0.29, 0.717) is 0 Å². The average Bonchev–Trinajstić information content (AvgIpc) is 2.92. The lowest BCUT2D eigenvalue weighted by atomic mass is 10.3. The van der Waals surface area contributed by atoms with E-state index in [1.807, 2.05) is 35.1 Å². The first kappa shape index (κ1) is 12.7. The Morgan fingerprint density at radius 3 is 2.80 bits per heavy atom. The van der Waals surface area contributed by atoms with E-state index in [2.05, 4.69) is 27.3 Å². The number of para-hydroxylation sites is 1. The zero-order valence-corrected chi connectivity index (χ0v) is 11.5. The maximum Gasteiger partial charge on any atom is 0.172 e. The third-order valence-corrected chi connectivity index (χ3v) is 3.12. The van der Waals surface area contributed by atoms with Crippen LogP contribution in [0.4, 0.5) is 0 Å². The molecule has 5 heteroatoms. The molecule has 0 radical (unpaired) electrons. The molecule has 1 aromatic carbocycles. The molecule has 0 saturated heterocycles. The van der Waals surface area contributed by atoms with Gasteiger partial charge in [-0.05, 0) is 19.0 Å². The van der Waals surface area contributed by atoms with E-state index < -0.39 is 0 Å². The van der Waals surface area contributed by atoms with Crippen molar-refractivity contribution in [3.63, 3.8) is 0 Å². The summed E-state index contributed by atoms with van der Waals surface area (Å²) >= 11 is 0. The zero-order valence-electron chi connectivity index (χ0n) is 11.5. The van der Waals surface area contributed by atoms with Crippen LogP contribution in [-0.2, 0) is 6.54 Å². The minimum atomic E-state index is 0.741. The second-order valence-electron chi connectivity index (χ2n) is 4.66. The number of nitrogens with one attached hydrogen (secondary N) is 1. The zero-order chi connectivity index (χ0) is 13.8. The van der Waals surface area contributed by atoms with Crippen molar-refractivity contribution in [3.05, 3.63) is 48.5 Å². The molecular formula is C15H17N5. The van der Waals surface area contributed by atoms with Crippen molar-refractivity contribution >= 4 is 10.9 Å². The molecule has 2 heterocycles. The van der Waals surface area contributed by atoms with Gasteiger partial charge in [-0.25, -0.2) is 9.67 Å². The van der Waals surface area contributed by atoms with Gasteiger partial charge < -0.3 is 5.32 Å². The van der Waals surface area contributed by atoms with Crippen LogP contribution in [-0.4, -0.2) is 26.3 Å². The topological polar surface area (TPSA) is 55.6 Å². The fourth-order valence-electron chi connectivity index (χ4n) is 2.10. The number of hydrogen-bond acceptors (Lipinski definition) is 4. The van der Waals surface area contributed by atoms with Crippen molar-refractivity contribution < 1.29 is 0 Å². The van der Waals surface area contributed by atoms with Crippen molar-refractivity contribution in [2.75, 3.05) is 6.54 Å². The Labute approximate surface area is 117 Å². The minimum Gasteiger partial charge on any atom is -0.311 e. The molecule has 0 amide bonds. The summed E-state index contributed by atoms with van der Waals surface area (Å²) in [5.41, 5.74) is 1.98. The third kappa shape index (κ3) is 2.53. The lowest BCUT2D eigenvalue weighted by Crippen LogP contribution is -2.15. The molecule has 0 spiro atoms. The van der Waals surface area contributed by atoms with Crippen molar-refractivity contribution in [1.82, 2.24) is 25.1 Å². The van der Waals surface area contributed by atoms with Gasteiger partial charge >= 0.3 is 0 Å². The second-order valence-corrected chi connectivity index (χ2v) is 4.66. The molecule has 0 bridgehead atoms. The van der Waals surface area contributed by atoms with Crippen LogP contribution in [0.1, 0.15) is 19.0 Å². The SMILES string of the molecule is CCCNCc1cnc(-n2ncc3ccccc32)cn1. The monoisotopic (exact) mass is 267 g/mol. The Hall–Kier alpha value is -2.27. The Balaban J connectivity index is 1.84. The normalized spacial score (nSPS) is 11.1. The summed E-state index contributed by atoms with van der Waals surface area (Å²) in [6.45, 7) is 3.89. The molecule has 0 unspecified atom stereocenters. The first-order valence-electron chi connectivity index (χ1n) is 6.83. The van der Waals surface area contributed by atoms with Crippen molar-refractivity contribution in [2.45, 2.75) is 19.9 Å². The predicted molar refractivity (Wildman–Crippen MR) is 78.7 cm³/mol. The van der Waals surface area contributed by atoms with Gasteiger partial charge in [-0.2, -0.15) is 5.10 Å². The summed E-state index contributed by atoms with van der Waals surface area (Å²) in [5.74, 6) is 0.741. The second kappa shape index (κ2) is 5.79. The molecular weight excluding hydrogens is 250 g/mol. The molecule has 102 valence electrons. The molecule has 3 rings (SSSR count). The van der Waals surface area contributed by atoms with Gasteiger partial charge in [0, 0.05) is 11.9 Å². The van der Waals surface area contributed by atoms with E-state index >= 15 is 0 Å². The summed E-state index contributed by atoms with van der Waals surface area (Å²) < 4.78 is 1.81. The maximum atomic E-state index is 4.45. The molecule has 0 fully saturated rings. The molecule has 0 aliphatic heterocycles. The fourth-order valence-corrected chi connectivity index (χ4v) is 2.10. The highest BCUT2D eigenvalue weighted by Crippen LogP contribution is 2.15. The lowest BCUT2D eigenvalue weighted by molar-refractivity contribution is 0.660. The first-order chi connectivity index (χ1) is 9.88. The average molecular weight is 267 g/mol. The van der Waals surface area contributed by atoms with Crippen molar-refractivity contribution in [1.29, 1.82) is 0 Å². The van der Waals surface area contributed by atoms with E-state index in [4.69, 9.17) is 0 Å². The molecule has 2 aromatic heterocycles. The van der Waals surface area contributed by atoms with Gasteiger partial charge in [0.1, 0.15) is 0 Å². The molecule has 1 N–H and O–H groups in total. The van der Waals surface area contributed by atoms with Crippen molar-refractivity contribution in [3.8, 4) is 5.82 Å². The van der Waals surface area contributed by atoms with Crippen LogP contribution in [0.3, 0.4) is 0 Å². The van der Waals surface area contributed by atoms with Gasteiger partial charge in [0.2, 0.25) is 0 Å². The molecule has 0 aliphatic rings. The van der Waals surface area contributed by atoms with E-state index in [-0.39, 0.29) is 0 Å². The summed E-state index contributed by atoms with van der Waals surface area (Å²) in [6, 6.07) is 8.07. The maximum absolute atomic E-state index is 4.45. The summed E-state index contributed by atoms with van der Waals surface area (Å²) in [6.07, 6.45) is 6.52. The van der Waals surface area contributed by atoms with Gasteiger partial charge in [0.25, 0.3) is 0 Å². The van der Waals surface area contributed by atoms with E-state index in [1.54, 1.807) is 12.4 Å². The van der Waals surface area contributed by atoms with Crippen LogP contribution in [0, 0.1) is 0 Å². The Morgan fingerprint density at radius 2 is 2.00 bits per heavy atom. The van der Waals surface area contributed by atoms with Crippen molar-refractivity contribution in [2.24, 2.45) is 0 Å². The number of hydrogen-bond donors (Lipinski definition) is 1. The van der Waals surface area contributed by atoms with E-state index in [1.165, 1.54) is 0 Å². The summed E-state index contributed by atoms with van der Waals surface area (Å²) in [7, 11) is 0. The Morgan fingerprint density at radius 1 is 1.10 bits per heavy atom. The largest absolute Gasteiger partial charge is 0.311 e. The quantitative estimate of drug-likeness (QED) is 0.721. The highest BCUT2D eigenvalue weighted by Gasteiger charge is 2.05. The van der Waals surface area contributed by atoms with Gasteiger partial charge in [0.05, 0.1) is 29.8 Å². The third-order valence-electron chi connectivity index (χ3n) is 3.12. The van der Waals surface area contributed by atoms with Gasteiger partial charge in [-0.3, -0.25) is 4.98 Å². The Bertz CT molecular complexity index is 687. The van der Waals surface area contributed by atoms with Crippen LogP contribution >= 0.6 is 0 Å².